The molecule has 0 aliphatic carbocycles. The summed E-state index contributed by atoms with van der Waals surface area (Å²) in [7, 11) is 0. The summed E-state index contributed by atoms with van der Waals surface area (Å²) < 4.78 is 36.3. The highest BCUT2D eigenvalue weighted by Gasteiger charge is 2.28. The Balaban J connectivity index is 2.84. The fraction of sp³-hybridized carbons (Fsp3) is 0.538. The van der Waals surface area contributed by atoms with E-state index in [4.69, 9.17) is 0 Å². The molecular weight excluding hydrogens is 271 g/mol. The summed E-state index contributed by atoms with van der Waals surface area (Å²) in [4.78, 5) is 16.0. The lowest BCUT2D eigenvalue weighted by Crippen LogP contribution is -2.33. The Morgan fingerprint density at radius 2 is 2.00 bits per heavy atom. The van der Waals surface area contributed by atoms with Gasteiger partial charge in [-0.25, -0.2) is 4.98 Å². The Kier molecular flexibility index (Phi) is 5.79. The highest BCUT2D eigenvalue weighted by molar-refractivity contribution is 5.95. The Morgan fingerprint density at radius 1 is 1.30 bits per heavy atom. The van der Waals surface area contributed by atoms with Gasteiger partial charge in [0, 0.05) is 17.8 Å². The number of alkyl halides is 3. The van der Waals surface area contributed by atoms with Gasteiger partial charge in [0.15, 0.2) is 0 Å². The molecule has 0 unspecified atom stereocenters. The number of carbonyl (C=O) groups excluding carboxylic acids is 1. The van der Waals surface area contributed by atoms with Crippen molar-refractivity contribution in [3.8, 4) is 0 Å². The second kappa shape index (κ2) is 7.12. The van der Waals surface area contributed by atoms with Crippen molar-refractivity contribution in [2.24, 2.45) is 0 Å². The molecule has 1 aromatic rings. The lowest BCUT2D eigenvalue weighted by molar-refractivity contribution is -0.123. The topological polar surface area (TPSA) is 54.0 Å². The van der Waals surface area contributed by atoms with E-state index in [0.717, 1.165) is 6.42 Å². The minimum Gasteiger partial charge on any atom is -0.370 e. The number of pyridine rings is 1. The number of carbonyl (C=O) groups is 1. The van der Waals surface area contributed by atoms with Gasteiger partial charge in [-0.2, -0.15) is 13.2 Å². The second-order valence-electron chi connectivity index (χ2n) is 4.31. The van der Waals surface area contributed by atoms with E-state index in [1.54, 1.807) is 0 Å². The first kappa shape index (κ1) is 16.3. The molecule has 2 N–H and O–H groups in total. The summed E-state index contributed by atoms with van der Waals surface area (Å²) in [5, 5.41) is 4.88. The molecule has 0 atom stereocenters. The largest absolute Gasteiger partial charge is 0.405 e. The highest BCUT2D eigenvalue weighted by Crippen LogP contribution is 2.14. The fourth-order valence-corrected chi connectivity index (χ4v) is 1.53. The minimum atomic E-state index is -4.42. The highest BCUT2D eigenvalue weighted by atomic mass is 19.4. The summed E-state index contributed by atoms with van der Waals surface area (Å²) in [6.45, 7) is 3.19. The van der Waals surface area contributed by atoms with Crippen LogP contribution in [0.4, 0.5) is 19.0 Å². The zero-order valence-corrected chi connectivity index (χ0v) is 11.5. The third kappa shape index (κ3) is 5.46. The molecule has 20 heavy (non-hydrogen) atoms. The van der Waals surface area contributed by atoms with Gasteiger partial charge in [-0.3, -0.25) is 4.79 Å². The van der Waals surface area contributed by atoms with Crippen molar-refractivity contribution >= 4 is 11.7 Å². The number of aromatic nitrogens is 1. The van der Waals surface area contributed by atoms with Crippen LogP contribution in [0.5, 0.6) is 0 Å². The number of halogens is 3. The van der Waals surface area contributed by atoms with Gasteiger partial charge in [-0.1, -0.05) is 13.8 Å². The van der Waals surface area contributed by atoms with Gasteiger partial charge in [0.2, 0.25) is 0 Å². The van der Waals surface area contributed by atoms with E-state index < -0.39 is 18.6 Å². The Bertz CT molecular complexity index is 461. The SMILES string of the molecule is CCCNc1cc(C(=O)NCC(F)(F)F)cc(CC)n1. The smallest absolute Gasteiger partial charge is 0.370 e. The Labute approximate surface area is 115 Å². The molecule has 0 saturated carbocycles. The Morgan fingerprint density at radius 3 is 2.55 bits per heavy atom. The van der Waals surface area contributed by atoms with Crippen molar-refractivity contribution in [2.75, 3.05) is 18.4 Å². The summed E-state index contributed by atoms with van der Waals surface area (Å²) in [5.74, 6) is -0.248. The maximum atomic E-state index is 12.1. The summed E-state index contributed by atoms with van der Waals surface area (Å²) in [5.41, 5.74) is 0.836. The molecule has 0 aromatic carbocycles. The molecule has 0 saturated heterocycles. The van der Waals surface area contributed by atoms with Crippen LogP contribution in [0.2, 0.25) is 0 Å². The zero-order chi connectivity index (χ0) is 15.2. The number of aryl methyl sites for hydroxylation is 1. The van der Waals surface area contributed by atoms with Crippen molar-refractivity contribution in [1.29, 1.82) is 0 Å². The molecule has 1 aromatic heterocycles. The number of nitrogens with zero attached hydrogens (tertiary/aromatic N) is 1. The maximum absolute atomic E-state index is 12.1. The number of nitrogens with one attached hydrogen (secondary N) is 2. The van der Waals surface area contributed by atoms with Crippen LogP contribution >= 0.6 is 0 Å². The quantitative estimate of drug-likeness (QED) is 0.846. The molecule has 1 rings (SSSR count). The van der Waals surface area contributed by atoms with Gasteiger partial charge in [-0.15, -0.1) is 0 Å². The molecule has 4 nitrogen and oxygen atoms in total. The summed E-state index contributed by atoms with van der Waals surface area (Å²) >= 11 is 0. The number of hydrogen-bond acceptors (Lipinski definition) is 3. The third-order valence-electron chi connectivity index (χ3n) is 2.51. The lowest BCUT2D eigenvalue weighted by atomic mass is 10.2. The van der Waals surface area contributed by atoms with Crippen molar-refractivity contribution in [3.05, 3.63) is 23.4 Å². The van der Waals surface area contributed by atoms with Gasteiger partial charge in [-0.05, 0) is 25.0 Å². The summed E-state index contributed by atoms with van der Waals surface area (Å²) in [6.07, 6.45) is -2.94. The standard InChI is InChI=1S/C13H18F3N3O/c1-3-5-17-11-7-9(6-10(4-2)19-11)12(20)18-8-13(14,15)16/h6-7H,3-5,8H2,1-2H3,(H,17,19)(H,18,20). The van der Waals surface area contributed by atoms with Crippen LogP contribution < -0.4 is 10.6 Å². The molecular formula is C13H18F3N3O. The molecule has 112 valence electrons. The lowest BCUT2D eigenvalue weighted by Gasteiger charge is -2.11. The normalized spacial score (nSPS) is 11.2. The monoisotopic (exact) mass is 289 g/mol. The maximum Gasteiger partial charge on any atom is 0.405 e. The van der Waals surface area contributed by atoms with Crippen LogP contribution in [0.15, 0.2) is 12.1 Å². The van der Waals surface area contributed by atoms with Crippen LogP contribution in [0.3, 0.4) is 0 Å². The van der Waals surface area contributed by atoms with Gasteiger partial charge in [0.1, 0.15) is 12.4 Å². The molecule has 0 aliphatic rings. The Hall–Kier alpha value is -1.79. The molecule has 0 fully saturated rings. The van der Waals surface area contributed by atoms with Crippen LogP contribution in [-0.4, -0.2) is 30.2 Å². The van der Waals surface area contributed by atoms with Gasteiger partial charge < -0.3 is 10.6 Å². The van der Waals surface area contributed by atoms with E-state index in [1.807, 2.05) is 19.2 Å². The van der Waals surface area contributed by atoms with E-state index >= 15 is 0 Å². The first-order valence-electron chi connectivity index (χ1n) is 6.45. The van der Waals surface area contributed by atoms with Crippen LogP contribution in [0.25, 0.3) is 0 Å². The van der Waals surface area contributed by atoms with E-state index in [1.165, 1.54) is 12.1 Å². The van der Waals surface area contributed by atoms with E-state index in [9.17, 15) is 18.0 Å². The first-order chi connectivity index (χ1) is 9.35. The van der Waals surface area contributed by atoms with E-state index in [2.05, 4.69) is 10.3 Å². The fourth-order valence-electron chi connectivity index (χ4n) is 1.53. The zero-order valence-electron chi connectivity index (χ0n) is 11.5. The van der Waals surface area contributed by atoms with Gasteiger partial charge in [0.05, 0.1) is 0 Å². The molecule has 0 radical (unpaired) electrons. The van der Waals surface area contributed by atoms with Crippen LogP contribution in [-0.2, 0) is 6.42 Å². The van der Waals surface area contributed by atoms with Crippen LogP contribution in [0, 0.1) is 0 Å². The van der Waals surface area contributed by atoms with Crippen molar-refractivity contribution in [2.45, 2.75) is 32.9 Å². The van der Waals surface area contributed by atoms with Crippen molar-refractivity contribution < 1.29 is 18.0 Å². The number of amides is 1. The molecule has 0 spiro atoms. The van der Waals surface area contributed by atoms with E-state index in [0.29, 0.717) is 24.5 Å². The minimum absolute atomic E-state index is 0.180. The predicted molar refractivity (Wildman–Crippen MR) is 70.8 cm³/mol. The van der Waals surface area contributed by atoms with E-state index in [-0.39, 0.29) is 5.56 Å². The predicted octanol–water partition coefficient (Wildman–Crippen LogP) is 2.76. The number of hydrogen-bond donors (Lipinski definition) is 2. The van der Waals surface area contributed by atoms with Crippen molar-refractivity contribution in [3.63, 3.8) is 0 Å². The average Bonchev–Trinajstić information content (AvgIpc) is 2.41. The molecule has 1 heterocycles. The van der Waals surface area contributed by atoms with Gasteiger partial charge >= 0.3 is 6.18 Å². The average molecular weight is 289 g/mol. The van der Waals surface area contributed by atoms with Gasteiger partial charge in [0.25, 0.3) is 5.91 Å². The van der Waals surface area contributed by atoms with Crippen molar-refractivity contribution in [1.82, 2.24) is 10.3 Å². The number of anilines is 1. The number of rotatable bonds is 6. The molecule has 1 amide bonds. The first-order valence-corrected chi connectivity index (χ1v) is 6.45. The van der Waals surface area contributed by atoms with Crippen LogP contribution in [0.1, 0.15) is 36.3 Å². The molecule has 0 bridgehead atoms. The second-order valence-corrected chi connectivity index (χ2v) is 4.31. The molecule has 0 aliphatic heterocycles. The summed E-state index contributed by atoms with van der Waals surface area (Å²) in [6, 6.07) is 2.96. The third-order valence-corrected chi connectivity index (χ3v) is 2.51. The molecule has 7 heteroatoms.